The number of thiazole rings is 1. The van der Waals surface area contributed by atoms with E-state index < -0.39 is 0 Å². The number of carbonyl (C=O) groups excluding carboxylic acids is 1. The highest BCUT2D eigenvalue weighted by Gasteiger charge is 2.47. The van der Waals surface area contributed by atoms with Gasteiger partial charge in [0.2, 0.25) is 0 Å². The molecule has 0 radical (unpaired) electrons. The van der Waals surface area contributed by atoms with Crippen LogP contribution in [0.2, 0.25) is 0 Å². The summed E-state index contributed by atoms with van der Waals surface area (Å²) in [5, 5.41) is 6.21. The third-order valence-electron chi connectivity index (χ3n) is 3.10. The molecule has 0 aromatic carbocycles. The lowest BCUT2D eigenvalue weighted by atomic mass is 9.80. The number of hydrogen-bond acceptors (Lipinski definition) is 5. The molecule has 2 rings (SSSR count). The zero-order chi connectivity index (χ0) is 11.6. The Kier molecular flexibility index (Phi) is 3.25. The Labute approximate surface area is 99.0 Å². The predicted octanol–water partition coefficient (Wildman–Crippen LogP) is 1.18. The van der Waals surface area contributed by atoms with Gasteiger partial charge in [-0.3, -0.25) is 4.79 Å². The summed E-state index contributed by atoms with van der Waals surface area (Å²) in [5.74, 6) is -0.246. The van der Waals surface area contributed by atoms with Crippen molar-refractivity contribution in [1.29, 1.82) is 0 Å². The number of rotatable bonds is 3. The second kappa shape index (κ2) is 4.51. The first-order chi connectivity index (χ1) is 7.68. The van der Waals surface area contributed by atoms with Crippen LogP contribution in [-0.2, 0) is 14.9 Å². The fraction of sp³-hybridized carbons (Fsp3) is 0.636. The largest absolute Gasteiger partial charge is 0.466 e. The highest BCUT2D eigenvalue weighted by atomic mass is 32.1. The van der Waals surface area contributed by atoms with E-state index in [-0.39, 0.29) is 17.3 Å². The molecule has 0 spiro atoms. The molecule has 16 heavy (non-hydrogen) atoms. The second-order valence-electron chi connectivity index (χ2n) is 4.19. The van der Waals surface area contributed by atoms with E-state index in [2.05, 4.69) is 17.2 Å². The van der Waals surface area contributed by atoms with Crippen LogP contribution in [0.5, 0.6) is 0 Å². The van der Waals surface area contributed by atoms with Crippen molar-refractivity contribution < 1.29 is 9.53 Å². The predicted molar refractivity (Wildman–Crippen MR) is 62.5 cm³/mol. The lowest BCUT2D eigenvalue weighted by molar-refractivity contribution is -0.149. The maximum atomic E-state index is 11.9. The molecule has 1 aromatic heterocycles. The highest BCUT2D eigenvalue weighted by Crippen LogP contribution is 2.36. The molecule has 1 aliphatic rings. The number of carbonyl (C=O) groups is 1. The van der Waals surface area contributed by atoms with Crippen molar-refractivity contribution >= 4 is 17.3 Å². The monoisotopic (exact) mass is 240 g/mol. The van der Waals surface area contributed by atoms with Gasteiger partial charge in [-0.15, -0.1) is 11.3 Å². The molecule has 1 aromatic rings. The molecule has 0 saturated carbocycles. The average Bonchev–Trinajstić information content (AvgIpc) is 2.86. The number of hydrogen-bond donors (Lipinski definition) is 1. The molecule has 2 atom stereocenters. The molecule has 2 heterocycles. The van der Waals surface area contributed by atoms with E-state index in [0.29, 0.717) is 13.2 Å². The van der Waals surface area contributed by atoms with Gasteiger partial charge in [-0.1, -0.05) is 6.92 Å². The summed E-state index contributed by atoms with van der Waals surface area (Å²) in [5.41, 5.74) is -0.222. The minimum absolute atomic E-state index is 0.120. The van der Waals surface area contributed by atoms with Gasteiger partial charge in [0.25, 0.3) is 0 Å². The Morgan fingerprint density at radius 1 is 1.81 bits per heavy atom. The maximum Gasteiger partial charge on any atom is 0.311 e. The van der Waals surface area contributed by atoms with Crippen molar-refractivity contribution in [3.63, 3.8) is 0 Å². The van der Waals surface area contributed by atoms with Crippen LogP contribution in [0.25, 0.3) is 0 Å². The summed E-state index contributed by atoms with van der Waals surface area (Å²) >= 11 is 1.60. The van der Waals surface area contributed by atoms with E-state index in [1.165, 1.54) is 0 Å². The molecule has 1 N–H and O–H groups in total. The molecule has 0 bridgehead atoms. The Balaban J connectivity index is 2.23. The quantitative estimate of drug-likeness (QED) is 0.806. The van der Waals surface area contributed by atoms with Crippen molar-refractivity contribution in [2.45, 2.75) is 19.3 Å². The number of nitrogens with zero attached hydrogens (tertiary/aromatic N) is 1. The summed E-state index contributed by atoms with van der Waals surface area (Å²) in [4.78, 5) is 16.2. The summed E-state index contributed by atoms with van der Waals surface area (Å²) in [6.07, 6.45) is 1.78. The van der Waals surface area contributed by atoms with E-state index in [1.54, 1.807) is 17.5 Å². The van der Waals surface area contributed by atoms with Crippen molar-refractivity contribution in [1.82, 2.24) is 10.3 Å². The number of nitrogens with one attached hydrogen (secondary N) is 1. The van der Waals surface area contributed by atoms with Gasteiger partial charge >= 0.3 is 5.97 Å². The topological polar surface area (TPSA) is 51.2 Å². The third kappa shape index (κ3) is 1.85. The van der Waals surface area contributed by atoms with Crippen LogP contribution in [0.15, 0.2) is 11.6 Å². The van der Waals surface area contributed by atoms with Crippen LogP contribution < -0.4 is 5.32 Å². The van der Waals surface area contributed by atoms with Crippen LogP contribution in [0.3, 0.4) is 0 Å². The van der Waals surface area contributed by atoms with Crippen molar-refractivity contribution in [2.24, 2.45) is 5.92 Å². The van der Waals surface area contributed by atoms with Gasteiger partial charge in [0.1, 0.15) is 5.01 Å². The molecular weight excluding hydrogens is 224 g/mol. The summed E-state index contributed by atoms with van der Waals surface area (Å²) in [6.45, 7) is 5.80. The second-order valence-corrected chi connectivity index (χ2v) is 5.08. The molecule has 0 aliphatic carbocycles. The summed E-state index contributed by atoms with van der Waals surface area (Å²) in [6, 6.07) is 0. The number of aromatic nitrogens is 1. The Hall–Kier alpha value is -0.940. The molecule has 4 nitrogen and oxygen atoms in total. The first-order valence-corrected chi connectivity index (χ1v) is 6.33. The van der Waals surface area contributed by atoms with E-state index >= 15 is 0 Å². The fourth-order valence-electron chi connectivity index (χ4n) is 2.14. The van der Waals surface area contributed by atoms with Gasteiger partial charge in [0.05, 0.1) is 12.5 Å². The number of ether oxygens (including phenoxy) is 1. The summed E-state index contributed by atoms with van der Waals surface area (Å²) in [7, 11) is 0. The van der Waals surface area contributed by atoms with Gasteiger partial charge in [0.15, 0.2) is 0 Å². The molecular formula is C11H16N2O2S. The molecule has 0 amide bonds. The van der Waals surface area contributed by atoms with Crippen molar-refractivity contribution in [2.75, 3.05) is 19.7 Å². The van der Waals surface area contributed by atoms with Gasteiger partial charge in [-0.25, -0.2) is 4.98 Å². The maximum absolute atomic E-state index is 11.9. The van der Waals surface area contributed by atoms with E-state index in [9.17, 15) is 4.79 Å². The first kappa shape index (κ1) is 11.5. The minimum Gasteiger partial charge on any atom is -0.466 e. The minimum atomic E-state index is -0.222. The van der Waals surface area contributed by atoms with Gasteiger partial charge in [-0.05, 0) is 6.92 Å². The Bertz CT molecular complexity index is 366. The van der Waals surface area contributed by atoms with Crippen LogP contribution in [0, 0.1) is 5.92 Å². The molecule has 2 unspecified atom stereocenters. The first-order valence-electron chi connectivity index (χ1n) is 5.46. The SMILES string of the molecule is CCOC(=O)C1CNCC1(C)c1nccs1. The zero-order valence-electron chi connectivity index (χ0n) is 9.53. The van der Waals surface area contributed by atoms with Crippen LogP contribution >= 0.6 is 11.3 Å². The fourth-order valence-corrected chi connectivity index (χ4v) is 3.00. The highest BCUT2D eigenvalue weighted by molar-refractivity contribution is 7.09. The van der Waals surface area contributed by atoms with E-state index in [0.717, 1.165) is 11.6 Å². The molecule has 88 valence electrons. The van der Waals surface area contributed by atoms with Gasteiger partial charge in [0, 0.05) is 30.1 Å². The van der Waals surface area contributed by atoms with Gasteiger partial charge < -0.3 is 10.1 Å². The van der Waals surface area contributed by atoms with Crippen LogP contribution in [0.4, 0.5) is 0 Å². The van der Waals surface area contributed by atoms with E-state index in [4.69, 9.17) is 4.74 Å². The Morgan fingerprint density at radius 3 is 3.25 bits per heavy atom. The molecule has 5 heteroatoms. The molecule has 1 aliphatic heterocycles. The smallest absolute Gasteiger partial charge is 0.311 e. The van der Waals surface area contributed by atoms with Crippen LogP contribution in [0.1, 0.15) is 18.9 Å². The molecule has 1 saturated heterocycles. The van der Waals surface area contributed by atoms with Crippen molar-refractivity contribution in [3.05, 3.63) is 16.6 Å². The van der Waals surface area contributed by atoms with E-state index in [1.807, 2.05) is 12.3 Å². The Morgan fingerprint density at radius 2 is 2.62 bits per heavy atom. The standard InChI is InChI=1S/C11H16N2O2S/c1-3-15-9(14)8-6-12-7-11(8,2)10-13-4-5-16-10/h4-5,8,12H,3,6-7H2,1-2H3. The molecule has 1 fully saturated rings. The normalized spacial score (nSPS) is 29.2. The van der Waals surface area contributed by atoms with Crippen LogP contribution in [-0.4, -0.2) is 30.6 Å². The van der Waals surface area contributed by atoms with Gasteiger partial charge in [-0.2, -0.15) is 0 Å². The summed E-state index contributed by atoms with van der Waals surface area (Å²) < 4.78 is 5.12. The number of esters is 1. The third-order valence-corrected chi connectivity index (χ3v) is 4.15. The lowest BCUT2D eigenvalue weighted by Crippen LogP contribution is -2.37. The zero-order valence-corrected chi connectivity index (χ0v) is 10.3. The lowest BCUT2D eigenvalue weighted by Gasteiger charge is -2.26. The van der Waals surface area contributed by atoms with Crippen molar-refractivity contribution in [3.8, 4) is 0 Å². The average molecular weight is 240 g/mol.